The van der Waals surface area contributed by atoms with Gasteiger partial charge in [0.1, 0.15) is 5.15 Å². The molecule has 0 bridgehead atoms. The van der Waals surface area contributed by atoms with E-state index in [1.165, 1.54) is 0 Å². The Balaban J connectivity index is 3.31. The molecule has 0 saturated heterocycles. The quantitative estimate of drug-likeness (QED) is 0.765. The first-order valence-electron chi connectivity index (χ1n) is 3.87. The first kappa shape index (κ1) is 11.3. The van der Waals surface area contributed by atoms with Gasteiger partial charge in [0.15, 0.2) is 0 Å². The van der Waals surface area contributed by atoms with Crippen LogP contribution in [0.1, 0.15) is 23.2 Å². The fourth-order valence-corrected chi connectivity index (χ4v) is 1.39. The zero-order valence-electron chi connectivity index (χ0n) is 7.17. The number of aromatic nitrogens is 1. The Bertz CT molecular complexity index is 333. The minimum atomic E-state index is -2.67. The summed E-state index contributed by atoms with van der Waals surface area (Å²) in [4.78, 5) is 3.71. The number of hydrogen-bond donors (Lipinski definition) is 2. The summed E-state index contributed by atoms with van der Waals surface area (Å²) >= 11 is 5.51. The summed E-state index contributed by atoms with van der Waals surface area (Å²) in [5, 5.41) is 8.79. The van der Waals surface area contributed by atoms with Crippen LogP contribution in [-0.4, -0.2) is 10.1 Å². The average molecular weight is 223 g/mol. The molecule has 0 aliphatic rings. The molecule has 1 aromatic rings. The Labute approximate surface area is 84.5 Å². The first-order valence-corrected chi connectivity index (χ1v) is 4.25. The Morgan fingerprint density at radius 1 is 1.57 bits per heavy atom. The number of nitrogens with zero attached hydrogens (tertiary/aromatic N) is 1. The average Bonchev–Trinajstić information content (AvgIpc) is 2.16. The molecular weight excluding hydrogens is 214 g/mol. The zero-order valence-corrected chi connectivity index (χ0v) is 7.93. The Morgan fingerprint density at radius 2 is 2.21 bits per heavy atom. The van der Waals surface area contributed by atoms with Crippen molar-refractivity contribution in [2.24, 2.45) is 5.73 Å². The minimum Gasteiger partial charge on any atom is -0.390 e. The van der Waals surface area contributed by atoms with Gasteiger partial charge in [-0.2, -0.15) is 0 Å². The molecular formula is C8H9ClF2N2O. The molecule has 0 fully saturated rings. The molecule has 78 valence electrons. The Hall–Kier alpha value is -0.780. The number of halogens is 3. The number of hydrogen-bond acceptors (Lipinski definition) is 3. The smallest absolute Gasteiger partial charge is 0.264 e. The highest BCUT2D eigenvalue weighted by molar-refractivity contribution is 6.29. The molecule has 0 atom stereocenters. The molecule has 1 rings (SSSR count). The molecule has 3 N–H and O–H groups in total. The standard InChI is InChI=1S/C8H9ClF2N2O/c9-7-1-4(8(10)11)5(2-12)6(3-14)13-7/h1,8,14H,2-3,12H2. The molecule has 0 aliphatic heterocycles. The predicted octanol–water partition coefficient (Wildman–Crippen LogP) is 1.62. The largest absolute Gasteiger partial charge is 0.390 e. The van der Waals surface area contributed by atoms with E-state index < -0.39 is 13.0 Å². The molecule has 0 aliphatic carbocycles. The number of rotatable bonds is 3. The van der Waals surface area contributed by atoms with Crippen LogP contribution in [0.5, 0.6) is 0 Å². The SMILES string of the molecule is NCc1c(C(F)F)cc(Cl)nc1CO. The van der Waals surface area contributed by atoms with Crippen LogP contribution in [0.3, 0.4) is 0 Å². The van der Waals surface area contributed by atoms with Crippen LogP contribution in [0.15, 0.2) is 6.07 Å². The topological polar surface area (TPSA) is 59.1 Å². The van der Waals surface area contributed by atoms with Crippen molar-refractivity contribution < 1.29 is 13.9 Å². The number of nitrogens with two attached hydrogens (primary N) is 1. The van der Waals surface area contributed by atoms with E-state index in [4.69, 9.17) is 22.4 Å². The molecule has 0 saturated carbocycles. The van der Waals surface area contributed by atoms with E-state index in [1.807, 2.05) is 0 Å². The summed E-state index contributed by atoms with van der Waals surface area (Å²) in [6.07, 6.45) is -2.67. The summed E-state index contributed by atoms with van der Waals surface area (Å²) in [6, 6.07) is 1.06. The fourth-order valence-electron chi connectivity index (χ4n) is 1.17. The predicted molar refractivity (Wildman–Crippen MR) is 48.0 cm³/mol. The molecule has 0 radical (unpaired) electrons. The third-order valence-corrected chi connectivity index (χ3v) is 2.00. The second-order valence-electron chi connectivity index (χ2n) is 2.62. The normalized spacial score (nSPS) is 11.0. The lowest BCUT2D eigenvalue weighted by atomic mass is 10.1. The van der Waals surface area contributed by atoms with E-state index in [0.717, 1.165) is 6.07 Å². The lowest BCUT2D eigenvalue weighted by Gasteiger charge is -2.10. The van der Waals surface area contributed by atoms with Crippen molar-refractivity contribution in [3.63, 3.8) is 0 Å². The molecule has 1 aromatic heterocycles. The highest BCUT2D eigenvalue weighted by Gasteiger charge is 2.17. The third kappa shape index (κ3) is 2.17. The van der Waals surface area contributed by atoms with Gasteiger partial charge in [-0.1, -0.05) is 11.6 Å². The molecule has 0 spiro atoms. The molecule has 6 heteroatoms. The highest BCUT2D eigenvalue weighted by atomic mass is 35.5. The Kier molecular flexibility index (Phi) is 3.74. The van der Waals surface area contributed by atoms with Crippen molar-refractivity contribution in [1.29, 1.82) is 0 Å². The molecule has 0 aromatic carbocycles. The summed E-state index contributed by atoms with van der Waals surface area (Å²) in [5.74, 6) is 0. The summed E-state index contributed by atoms with van der Waals surface area (Å²) in [6.45, 7) is -0.549. The molecule has 1 heterocycles. The molecule has 3 nitrogen and oxygen atoms in total. The van der Waals surface area contributed by atoms with Crippen molar-refractivity contribution in [3.05, 3.63) is 28.0 Å². The van der Waals surface area contributed by atoms with Gasteiger partial charge in [0.05, 0.1) is 12.3 Å². The van der Waals surface area contributed by atoms with Crippen LogP contribution in [0.4, 0.5) is 8.78 Å². The van der Waals surface area contributed by atoms with Crippen molar-refractivity contribution in [1.82, 2.24) is 4.98 Å². The lowest BCUT2D eigenvalue weighted by Crippen LogP contribution is -2.09. The summed E-state index contributed by atoms with van der Waals surface area (Å²) in [7, 11) is 0. The van der Waals surface area contributed by atoms with Gasteiger partial charge in [0.25, 0.3) is 6.43 Å². The van der Waals surface area contributed by atoms with Gasteiger partial charge >= 0.3 is 0 Å². The van der Waals surface area contributed by atoms with Gasteiger partial charge in [-0.25, -0.2) is 13.8 Å². The molecule has 14 heavy (non-hydrogen) atoms. The van der Waals surface area contributed by atoms with Crippen molar-refractivity contribution in [3.8, 4) is 0 Å². The van der Waals surface area contributed by atoms with E-state index in [-0.39, 0.29) is 28.5 Å². The molecule has 0 amide bonds. The van der Waals surface area contributed by atoms with Gasteiger partial charge in [-0.15, -0.1) is 0 Å². The second kappa shape index (κ2) is 4.63. The van der Waals surface area contributed by atoms with Crippen molar-refractivity contribution in [2.45, 2.75) is 19.6 Å². The number of pyridine rings is 1. The fraction of sp³-hybridized carbons (Fsp3) is 0.375. The molecule has 0 unspecified atom stereocenters. The van der Waals surface area contributed by atoms with E-state index >= 15 is 0 Å². The van der Waals surface area contributed by atoms with Gasteiger partial charge in [-0.05, 0) is 11.6 Å². The van der Waals surface area contributed by atoms with E-state index in [2.05, 4.69) is 4.98 Å². The minimum absolute atomic E-state index is 0.0680. The maximum atomic E-state index is 12.5. The lowest BCUT2D eigenvalue weighted by molar-refractivity contribution is 0.149. The van der Waals surface area contributed by atoms with Gasteiger partial charge in [-0.3, -0.25) is 0 Å². The van der Waals surface area contributed by atoms with Gasteiger partial charge in [0, 0.05) is 12.1 Å². The van der Waals surface area contributed by atoms with Crippen molar-refractivity contribution >= 4 is 11.6 Å². The van der Waals surface area contributed by atoms with Crippen LogP contribution in [-0.2, 0) is 13.2 Å². The monoisotopic (exact) mass is 222 g/mol. The van der Waals surface area contributed by atoms with Crippen LogP contribution in [0, 0.1) is 0 Å². The van der Waals surface area contributed by atoms with Gasteiger partial charge < -0.3 is 10.8 Å². The highest BCUT2D eigenvalue weighted by Crippen LogP contribution is 2.26. The Morgan fingerprint density at radius 3 is 2.64 bits per heavy atom. The first-order chi connectivity index (χ1) is 6.60. The summed E-state index contributed by atoms with van der Waals surface area (Å²) < 4.78 is 25.0. The second-order valence-corrected chi connectivity index (χ2v) is 3.01. The van der Waals surface area contributed by atoms with Crippen LogP contribution < -0.4 is 5.73 Å². The number of aliphatic hydroxyl groups is 1. The van der Waals surface area contributed by atoms with E-state index in [1.54, 1.807) is 0 Å². The number of aliphatic hydroxyl groups excluding tert-OH is 1. The van der Waals surface area contributed by atoms with Crippen LogP contribution in [0.2, 0.25) is 5.15 Å². The number of alkyl halides is 2. The summed E-state index contributed by atoms with van der Waals surface area (Å²) in [5.41, 5.74) is 5.29. The van der Waals surface area contributed by atoms with Gasteiger partial charge in [0.2, 0.25) is 0 Å². The van der Waals surface area contributed by atoms with Crippen LogP contribution in [0.25, 0.3) is 0 Å². The van der Waals surface area contributed by atoms with Crippen LogP contribution >= 0.6 is 11.6 Å². The third-order valence-electron chi connectivity index (χ3n) is 1.80. The maximum Gasteiger partial charge on any atom is 0.264 e. The maximum absolute atomic E-state index is 12.5. The van der Waals surface area contributed by atoms with E-state index in [9.17, 15) is 8.78 Å². The van der Waals surface area contributed by atoms with Crippen molar-refractivity contribution in [2.75, 3.05) is 0 Å². The zero-order chi connectivity index (χ0) is 10.7. The van der Waals surface area contributed by atoms with E-state index in [0.29, 0.717) is 0 Å².